The van der Waals surface area contributed by atoms with E-state index in [1.807, 2.05) is 5.38 Å². The van der Waals surface area contributed by atoms with Crippen molar-refractivity contribution in [3.63, 3.8) is 0 Å². The fourth-order valence-electron chi connectivity index (χ4n) is 1.55. The third-order valence-electron chi connectivity index (χ3n) is 2.40. The minimum absolute atomic E-state index is 0.0750. The van der Waals surface area contributed by atoms with Gasteiger partial charge in [-0.1, -0.05) is 11.8 Å². The zero-order valence-corrected chi connectivity index (χ0v) is 11.3. The van der Waals surface area contributed by atoms with Gasteiger partial charge in [0, 0.05) is 35.8 Å². The second-order valence-electron chi connectivity index (χ2n) is 3.68. The summed E-state index contributed by atoms with van der Waals surface area (Å²) < 4.78 is 1.52. The average Bonchev–Trinajstić information content (AvgIpc) is 2.87. The molecule has 0 aliphatic rings. The monoisotopic (exact) mass is 291 g/mol. The molecule has 0 aliphatic heterocycles. The molecule has 0 unspecified atom stereocenters. The van der Waals surface area contributed by atoms with Crippen LogP contribution in [0.2, 0.25) is 0 Å². The SMILES string of the molecule is Nc1nccnc1SCc1cc(=O)n2ccsc2n1. The highest BCUT2D eigenvalue weighted by Crippen LogP contribution is 2.23. The number of nitrogens with zero attached hydrogens (tertiary/aromatic N) is 4. The van der Waals surface area contributed by atoms with Crippen LogP contribution < -0.4 is 11.3 Å². The van der Waals surface area contributed by atoms with Crippen LogP contribution in [-0.4, -0.2) is 19.4 Å². The summed E-state index contributed by atoms with van der Waals surface area (Å²) >= 11 is 2.85. The Hall–Kier alpha value is -1.93. The van der Waals surface area contributed by atoms with E-state index in [0.717, 1.165) is 0 Å². The molecule has 0 aliphatic carbocycles. The second-order valence-corrected chi connectivity index (χ2v) is 5.51. The van der Waals surface area contributed by atoms with Crippen LogP contribution in [0.25, 0.3) is 4.96 Å². The van der Waals surface area contributed by atoms with Crippen molar-refractivity contribution in [1.82, 2.24) is 19.4 Å². The lowest BCUT2D eigenvalue weighted by Crippen LogP contribution is -2.12. The number of hydrogen-bond acceptors (Lipinski definition) is 7. The van der Waals surface area contributed by atoms with Gasteiger partial charge >= 0.3 is 0 Å². The summed E-state index contributed by atoms with van der Waals surface area (Å²) in [5.74, 6) is 0.924. The lowest BCUT2D eigenvalue weighted by Gasteiger charge is -2.02. The Morgan fingerprint density at radius 1 is 1.37 bits per heavy atom. The van der Waals surface area contributed by atoms with Crippen molar-refractivity contribution in [2.75, 3.05) is 5.73 Å². The molecule has 96 valence electrons. The van der Waals surface area contributed by atoms with Gasteiger partial charge in [0.1, 0.15) is 5.03 Å². The molecule has 0 saturated carbocycles. The van der Waals surface area contributed by atoms with Crippen LogP contribution in [0.5, 0.6) is 0 Å². The van der Waals surface area contributed by atoms with E-state index >= 15 is 0 Å². The lowest BCUT2D eigenvalue weighted by atomic mass is 10.4. The first kappa shape index (κ1) is 12.1. The van der Waals surface area contributed by atoms with Crippen LogP contribution in [0.1, 0.15) is 5.69 Å². The quantitative estimate of drug-likeness (QED) is 0.734. The molecule has 0 aromatic carbocycles. The number of rotatable bonds is 3. The third-order valence-corrected chi connectivity index (χ3v) is 4.19. The van der Waals surface area contributed by atoms with Gasteiger partial charge in [-0.25, -0.2) is 15.0 Å². The van der Waals surface area contributed by atoms with Crippen molar-refractivity contribution in [3.8, 4) is 0 Å². The van der Waals surface area contributed by atoms with E-state index in [2.05, 4.69) is 15.0 Å². The van der Waals surface area contributed by atoms with Crippen LogP contribution in [0.15, 0.2) is 39.9 Å². The molecule has 19 heavy (non-hydrogen) atoms. The van der Waals surface area contributed by atoms with E-state index in [1.54, 1.807) is 18.6 Å². The molecular weight excluding hydrogens is 282 g/mol. The van der Waals surface area contributed by atoms with E-state index in [4.69, 9.17) is 5.73 Å². The van der Waals surface area contributed by atoms with Crippen LogP contribution in [0.3, 0.4) is 0 Å². The largest absolute Gasteiger partial charge is 0.381 e. The summed E-state index contributed by atoms with van der Waals surface area (Å²) in [5, 5.41) is 2.48. The van der Waals surface area contributed by atoms with Gasteiger partial charge in [0.2, 0.25) is 0 Å². The first-order valence-electron chi connectivity index (χ1n) is 5.39. The van der Waals surface area contributed by atoms with Crippen molar-refractivity contribution < 1.29 is 0 Å². The van der Waals surface area contributed by atoms with Crippen molar-refractivity contribution in [1.29, 1.82) is 0 Å². The van der Waals surface area contributed by atoms with Gasteiger partial charge in [-0.2, -0.15) is 0 Å². The second kappa shape index (κ2) is 4.98. The number of hydrogen-bond donors (Lipinski definition) is 1. The van der Waals surface area contributed by atoms with E-state index < -0.39 is 0 Å². The first-order valence-corrected chi connectivity index (χ1v) is 7.25. The van der Waals surface area contributed by atoms with E-state index in [9.17, 15) is 4.79 Å². The number of thiazole rings is 1. The minimum atomic E-state index is -0.0750. The third kappa shape index (κ3) is 2.45. The smallest absolute Gasteiger partial charge is 0.258 e. The van der Waals surface area contributed by atoms with Gasteiger partial charge in [0.05, 0.1) is 5.69 Å². The molecule has 3 aromatic rings. The summed E-state index contributed by atoms with van der Waals surface area (Å²) in [6, 6.07) is 1.53. The zero-order chi connectivity index (χ0) is 13.2. The van der Waals surface area contributed by atoms with Crippen LogP contribution in [0, 0.1) is 0 Å². The number of nitrogen functional groups attached to an aromatic ring is 1. The Morgan fingerprint density at radius 2 is 2.21 bits per heavy atom. The zero-order valence-electron chi connectivity index (χ0n) is 9.68. The number of thioether (sulfide) groups is 1. The molecule has 0 radical (unpaired) electrons. The molecule has 6 nitrogen and oxygen atoms in total. The number of nitrogens with two attached hydrogens (primary N) is 1. The van der Waals surface area contributed by atoms with Gasteiger partial charge in [0.25, 0.3) is 5.56 Å². The topological polar surface area (TPSA) is 86.2 Å². The first-order chi connectivity index (χ1) is 9.24. The molecular formula is C11H9N5OS2. The predicted molar refractivity (Wildman–Crippen MR) is 75.3 cm³/mol. The molecule has 0 atom stereocenters. The predicted octanol–water partition coefficient (Wildman–Crippen LogP) is 1.42. The summed E-state index contributed by atoms with van der Waals surface area (Å²) in [4.78, 5) is 25.0. The highest BCUT2D eigenvalue weighted by Gasteiger charge is 2.06. The molecule has 3 rings (SSSR count). The molecule has 0 bridgehead atoms. The Labute approximate surface area is 116 Å². The van der Waals surface area contributed by atoms with Crippen molar-refractivity contribution >= 4 is 33.9 Å². The van der Waals surface area contributed by atoms with Gasteiger partial charge in [-0.3, -0.25) is 9.20 Å². The van der Waals surface area contributed by atoms with Crippen molar-refractivity contribution in [2.45, 2.75) is 10.8 Å². The Bertz CT molecular complexity index is 782. The highest BCUT2D eigenvalue weighted by atomic mass is 32.2. The average molecular weight is 291 g/mol. The molecule has 0 amide bonds. The summed E-state index contributed by atoms with van der Waals surface area (Å²) in [6.45, 7) is 0. The van der Waals surface area contributed by atoms with Crippen LogP contribution in [0.4, 0.5) is 5.82 Å². The summed E-state index contributed by atoms with van der Waals surface area (Å²) in [5.41, 5.74) is 6.35. The van der Waals surface area contributed by atoms with Crippen molar-refractivity contribution in [2.24, 2.45) is 0 Å². The summed E-state index contributed by atoms with van der Waals surface area (Å²) in [7, 11) is 0. The number of fused-ring (bicyclic) bond motifs is 1. The molecule has 0 fully saturated rings. The van der Waals surface area contributed by atoms with E-state index in [1.165, 1.54) is 33.6 Å². The molecule has 0 spiro atoms. The highest BCUT2D eigenvalue weighted by molar-refractivity contribution is 7.98. The van der Waals surface area contributed by atoms with E-state index in [0.29, 0.717) is 27.3 Å². The van der Waals surface area contributed by atoms with Gasteiger partial charge in [-0.15, -0.1) is 11.3 Å². The van der Waals surface area contributed by atoms with Gasteiger partial charge < -0.3 is 5.73 Å². The molecule has 3 aromatic heterocycles. The number of aromatic nitrogens is 4. The molecule has 8 heteroatoms. The van der Waals surface area contributed by atoms with E-state index in [-0.39, 0.29) is 5.56 Å². The minimum Gasteiger partial charge on any atom is -0.381 e. The Morgan fingerprint density at radius 3 is 3.05 bits per heavy atom. The fourth-order valence-corrected chi connectivity index (χ4v) is 3.06. The molecule has 2 N–H and O–H groups in total. The molecule has 0 saturated heterocycles. The standard InChI is InChI=1S/C11H9N5OS2/c12-9-10(14-2-1-13-9)19-6-7-5-8(17)16-3-4-18-11(16)15-7/h1-5H,6H2,(H2,12,13). The molecule has 3 heterocycles. The normalized spacial score (nSPS) is 10.9. The van der Waals surface area contributed by atoms with Gasteiger partial charge in [-0.05, 0) is 0 Å². The van der Waals surface area contributed by atoms with Crippen LogP contribution >= 0.6 is 23.1 Å². The maximum Gasteiger partial charge on any atom is 0.258 e. The summed E-state index contributed by atoms with van der Waals surface area (Å²) in [6.07, 6.45) is 4.85. The maximum atomic E-state index is 11.8. The lowest BCUT2D eigenvalue weighted by molar-refractivity contribution is 1.03. The Kier molecular flexibility index (Phi) is 3.18. The van der Waals surface area contributed by atoms with Crippen molar-refractivity contribution in [3.05, 3.63) is 46.1 Å². The Balaban J connectivity index is 1.86. The van der Waals surface area contributed by atoms with Crippen LogP contribution in [-0.2, 0) is 5.75 Å². The fraction of sp³-hybridized carbons (Fsp3) is 0.0909. The van der Waals surface area contributed by atoms with Gasteiger partial charge in [0.15, 0.2) is 10.8 Å². The number of anilines is 1. The maximum absolute atomic E-state index is 11.8.